The van der Waals surface area contributed by atoms with Crippen LogP contribution in [0.5, 0.6) is 5.75 Å². The van der Waals surface area contributed by atoms with E-state index in [9.17, 15) is 14.4 Å². The van der Waals surface area contributed by atoms with E-state index in [1.165, 1.54) is 24.3 Å². The Hall–Kier alpha value is -3.35. The standard InChI is InChI=1S/C18H17NO6/c1-12(2)19-18(22)23-15-11-7-6-10-14(15)17(21)25-24-16(20)13-8-4-3-5-9-13/h3-12H,1-2H3,(H,19,22). The lowest BCUT2D eigenvalue weighted by atomic mass is 10.2. The van der Waals surface area contributed by atoms with E-state index in [0.717, 1.165) is 0 Å². The van der Waals surface area contributed by atoms with Gasteiger partial charge in [0.2, 0.25) is 0 Å². The van der Waals surface area contributed by atoms with Gasteiger partial charge in [0.1, 0.15) is 11.3 Å². The molecule has 0 aromatic heterocycles. The molecule has 2 aromatic rings. The zero-order chi connectivity index (χ0) is 18.2. The van der Waals surface area contributed by atoms with E-state index in [-0.39, 0.29) is 22.9 Å². The Labute approximate surface area is 144 Å². The quantitative estimate of drug-likeness (QED) is 0.677. The predicted molar refractivity (Wildman–Crippen MR) is 88.0 cm³/mol. The van der Waals surface area contributed by atoms with Gasteiger partial charge in [-0.1, -0.05) is 30.3 Å². The van der Waals surface area contributed by atoms with Gasteiger partial charge in [-0.05, 0) is 38.1 Å². The van der Waals surface area contributed by atoms with Crippen LogP contribution in [0.25, 0.3) is 0 Å². The molecule has 0 radical (unpaired) electrons. The third-order valence-corrected chi connectivity index (χ3v) is 2.92. The molecular formula is C18H17NO6. The summed E-state index contributed by atoms with van der Waals surface area (Å²) in [6, 6.07) is 13.9. The van der Waals surface area contributed by atoms with Gasteiger partial charge in [-0.25, -0.2) is 24.2 Å². The normalized spacial score (nSPS) is 10.0. The fraction of sp³-hybridized carbons (Fsp3) is 0.167. The van der Waals surface area contributed by atoms with Crippen LogP contribution in [0.2, 0.25) is 0 Å². The van der Waals surface area contributed by atoms with Crippen molar-refractivity contribution in [1.82, 2.24) is 5.32 Å². The first-order chi connectivity index (χ1) is 12.0. The first kappa shape index (κ1) is 18.0. The Bertz CT molecular complexity index is 757. The van der Waals surface area contributed by atoms with Crippen molar-refractivity contribution in [2.45, 2.75) is 19.9 Å². The molecule has 2 aromatic carbocycles. The maximum Gasteiger partial charge on any atom is 0.412 e. The maximum absolute atomic E-state index is 12.1. The molecular weight excluding hydrogens is 326 g/mol. The second-order valence-corrected chi connectivity index (χ2v) is 5.29. The number of hydrogen-bond acceptors (Lipinski definition) is 6. The summed E-state index contributed by atoms with van der Waals surface area (Å²) in [5.74, 6) is -1.79. The maximum atomic E-state index is 12.1. The molecule has 0 aliphatic heterocycles. The molecule has 0 heterocycles. The summed E-state index contributed by atoms with van der Waals surface area (Å²) >= 11 is 0. The van der Waals surface area contributed by atoms with E-state index in [0.29, 0.717) is 0 Å². The van der Waals surface area contributed by atoms with Gasteiger partial charge >= 0.3 is 18.0 Å². The first-order valence-corrected chi connectivity index (χ1v) is 7.53. The van der Waals surface area contributed by atoms with Crippen molar-refractivity contribution in [3.05, 3.63) is 65.7 Å². The number of nitrogens with one attached hydrogen (secondary N) is 1. The van der Waals surface area contributed by atoms with Crippen LogP contribution in [0.15, 0.2) is 54.6 Å². The van der Waals surface area contributed by atoms with Crippen molar-refractivity contribution in [2.24, 2.45) is 0 Å². The smallest absolute Gasteiger partial charge is 0.409 e. The van der Waals surface area contributed by atoms with Crippen molar-refractivity contribution in [3.8, 4) is 5.75 Å². The lowest BCUT2D eigenvalue weighted by Gasteiger charge is -2.11. The highest BCUT2D eigenvalue weighted by atomic mass is 17.2. The second kappa shape index (κ2) is 8.49. The van der Waals surface area contributed by atoms with Crippen LogP contribution in [-0.2, 0) is 9.78 Å². The molecule has 0 aliphatic rings. The fourth-order valence-electron chi connectivity index (χ4n) is 1.83. The number of para-hydroxylation sites is 1. The Kier molecular flexibility index (Phi) is 6.11. The average molecular weight is 343 g/mol. The van der Waals surface area contributed by atoms with Gasteiger partial charge in [-0.15, -0.1) is 0 Å². The van der Waals surface area contributed by atoms with Crippen molar-refractivity contribution in [1.29, 1.82) is 0 Å². The summed E-state index contributed by atoms with van der Waals surface area (Å²) < 4.78 is 5.08. The van der Waals surface area contributed by atoms with Gasteiger partial charge in [0, 0.05) is 6.04 Å². The highest BCUT2D eigenvalue weighted by Crippen LogP contribution is 2.19. The van der Waals surface area contributed by atoms with E-state index < -0.39 is 18.0 Å². The number of carbonyl (C=O) groups is 3. The van der Waals surface area contributed by atoms with Gasteiger partial charge in [0.05, 0.1) is 5.56 Å². The molecule has 130 valence electrons. The molecule has 25 heavy (non-hydrogen) atoms. The number of carbonyl (C=O) groups excluding carboxylic acids is 3. The molecule has 0 spiro atoms. The summed E-state index contributed by atoms with van der Waals surface area (Å²) in [5.41, 5.74) is 0.179. The number of amides is 1. The SMILES string of the molecule is CC(C)NC(=O)Oc1ccccc1C(=O)OOC(=O)c1ccccc1. The highest BCUT2D eigenvalue weighted by Gasteiger charge is 2.19. The van der Waals surface area contributed by atoms with Crippen LogP contribution >= 0.6 is 0 Å². The average Bonchev–Trinajstić information content (AvgIpc) is 2.60. The lowest BCUT2D eigenvalue weighted by molar-refractivity contribution is -0.187. The van der Waals surface area contributed by atoms with E-state index in [2.05, 4.69) is 15.1 Å². The van der Waals surface area contributed by atoms with Crippen molar-refractivity contribution in [3.63, 3.8) is 0 Å². The summed E-state index contributed by atoms with van der Waals surface area (Å²) in [7, 11) is 0. The molecule has 0 fully saturated rings. The lowest BCUT2D eigenvalue weighted by Crippen LogP contribution is -2.33. The molecule has 0 saturated carbocycles. The van der Waals surface area contributed by atoms with Crippen LogP contribution in [0.1, 0.15) is 34.6 Å². The molecule has 0 atom stereocenters. The summed E-state index contributed by atoms with van der Waals surface area (Å²) in [5, 5.41) is 2.53. The molecule has 2 rings (SSSR count). The zero-order valence-corrected chi connectivity index (χ0v) is 13.7. The van der Waals surface area contributed by atoms with Crippen LogP contribution < -0.4 is 10.1 Å². The van der Waals surface area contributed by atoms with Crippen molar-refractivity contribution >= 4 is 18.0 Å². The minimum absolute atomic E-state index is 0.0126. The molecule has 1 N–H and O–H groups in total. The van der Waals surface area contributed by atoms with E-state index in [1.807, 2.05) is 0 Å². The van der Waals surface area contributed by atoms with Crippen molar-refractivity contribution in [2.75, 3.05) is 0 Å². The van der Waals surface area contributed by atoms with Crippen LogP contribution in [-0.4, -0.2) is 24.1 Å². The van der Waals surface area contributed by atoms with Gasteiger partial charge in [-0.3, -0.25) is 0 Å². The van der Waals surface area contributed by atoms with Gasteiger partial charge in [0.25, 0.3) is 0 Å². The van der Waals surface area contributed by atoms with Gasteiger partial charge in [-0.2, -0.15) is 0 Å². The third kappa shape index (κ3) is 5.35. The minimum Gasteiger partial charge on any atom is -0.409 e. The van der Waals surface area contributed by atoms with Crippen LogP contribution in [0.3, 0.4) is 0 Å². The van der Waals surface area contributed by atoms with E-state index >= 15 is 0 Å². The predicted octanol–water partition coefficient (Wildman–Crippen LogP) is 3.11. The molecule has 0 bridgehead atoms. The second-order valence-electron chi connectivity index (χ2n) is 5.29. The molecule has 7 heteroatoms. The Morgan fingerprint density at radius 3 is 2.12 bits per heavy atom. The van der Waals surface area contributed by atoms with Gasteiger partial charge < -0.3 is 10.1 Å². The third-order valence-electron chi connectivity index (χ3n) is 2.92. The fourth-order valence-corrected chi connectivity index (χ4v) is 1.83. The van der Waals surface area contributed by atoms with Crippen LogP contribution in [0.4, 0.5) is 4.79 Å². The molecule has 0 unspecified atom stereocenters. The molecule has 0 saturated heterocycles. The monoisotopic (exact) mass is 343 g/mol. The van der Waals surface area contributed by atoms with E-state index in [4.69, 9.17) is 4.74 Å². The number of rotatable bonds is 4. The summed E-state index contributed by atoms with van der Waals surface area (Å²) in [6.07, 6.45) is -0.712. The number of hydrogen-bond donors (Lipinski definition) is 1. The first-order valence-electron chi connectivity index (χ1n) is 7.53. The summed E-state index contributed by atoms with van der Waals surface area (Å²) in [4.78, 5) is 44.6. The van der Waals surface area contributed by atoms with E-state index in [1.54, 1.807) is 44.2 Å². The Morgan fingerprint density at radius 1 is 0.840 bits per heavy atom. The topological polar surface area (TPSA) is 90.9 Å². The van der Waals surface area contributed by atoms with Gasteiger partial charge in [0.15, 0.2) is 0 Å². The zero-order valence-electron chi connectivity index (χ0n) is 13.7. The molecule has 7 nitrogen and oxygen atoms in total. The molecule has 1 amide bonds. The number of benzene rings is 2. The van der Waals surface area contributed by atoms with Crippen molar-refractivity contribution < 1.29 is 28.9 Å². The largest absolute Gasteiger partial charge is 0.412 e. The van der Waals surface area contributed by atoms with Crippen LogP contribution in [0, 0.1) is 0 Å². The molecule has 0 aliphatic carbocycles. The number of ether oxygens (including phenoxy) is 1. The summed E-state index contributed by atoms with van der Waals surface area (Å²) in [6.45, 7) is 3.54. The minimum atomic E-state index is -0.961. The Morgan fingerprint density at radius 2 is 1.44 bits per heavy atom. The Balaban J connectivity index is 2.02. The highest BCUT2D eigenvalue weighted by molar-refractivity contribution is 5.94.